The monoisotopic (exact) mass is 303 g/mol. The van der Waals surface area contributed by atoms with Gasteiger partial charge in [-0.05, 0) is 48.6 Å². The fraction of sp³-hybridized carbons (Fsp3) is 0.235. The van der Waals surface area contributed by atoms with E-state index in [1.165, 1.54) is 17.7 Å². The number of carbonyl (C=O) groups excluding carboxylic acids is 1. The molecule has 2 aromatic carbocycles. The van der Waals surface area contributed by atoms with E-state index in [1.54, 1.807) is 0 Å². The van der Waals surface area contributed by atoms with Crippen molar-refractivity contribution >= 4 is 17.5 Å². The molecule has 3 rings (SSSR count). The molecule has 108 valence electrons. The van der Waals surface area contributed by atoms with Crippen molar-refractivity contribution < 1.29 is 9.18 Å². The minimum atomic E-state index is -0.593. The summed E-state index contributed by atoms with van der Waals surface area (Å²) in [7, 11) is 0. The zero-order valence-electron chi connectivity index (χ0n) is 11.4. The van der Waals surface area contributed by atoms with Gasteiger partial charge in [0, 0.05) is 5.02 Å². The molecule has 0 aromatic heterocycles. The number of benzene rings is 2. The van der Waals surface area contributed by atoms with Crippen LogP contribution < -0.4 is 5.32 Å². The Kier molecular flexibility index (Phi) is 3.93. The van der Waals surface area contributed by atoms with Gasteiger partial charge in [0.15, 0.2) is 0 Å². The van der Waals surface area contributed by atoms with E-state index in [1.807, 2.05) is 18.2 Å². The summed E-state index contributed by atoms with van der Waals surface area (Å²) < 4.78 is 13.8. The molecular formula is C17H15ClFNO. The van der Waals surface area contributed by atoms with Crippen LogP contribution in [0.15, 0.2) is 42.5 Å². The van der Waals surface area contributed by atoms with Crippen molar-refractivity contribution in [2.45, 2.75) is 25.3 Å². The third-order valence-electron chi connectivity index (χ3n) is 3.85. The molecule has 0 radical (unpaired) electrons. The second-order valence-electron chi connectivity index (χ2n) is 5.24. The van der Waals surface area contributed by atoms with Gasteiger partial charge in [-0.1, -0.05) is 35.9 Å². The number of amides is 1. The summed E-state index contributed by atoms with van der Waals surface area (Å²) in [6, 6.07) is 12.1. The minimum absolute atomic E-state index is 0.0301. The first-order valence-electron chi connectivity index (χ1n) is 6.99. The quantitative estimate of drug-likeness (QED) is 0.881. The van der Waals surface area contributed by atoms with Crippen LogP contribution in [0.3, 0.4) is 0 Å². The third kappa shape index (κ3) is 2.93. The number of hydrogen-bond acceptors (Lipinski definition) is 1. The zero-order chi connectivity index (χ0) is 14.8. The van der Waals surface area contributed by atoms with Crippen LogP contribution in [-0.4, -0.2) is 5.91 Å². The number of aryl methyl sites for hydroxylation is 1. The first-order chi connectivity index (χ1) is 10.1. The molecule has 1 amide bonds. The Morgan fingerprint density at radius 1 is 1.24 bits per heavy atom. The van der Waals surface area contributed by atoms with Crippen LogP contribution in [0.4, 0.5) is 4.39 Å². The van der Waals surface area contributed by atoms with Crippen LogP contribution in [0, 0.1) is 5.82 Å². The van der Waals surface area contributed by atoms with Crippen LogP contribution >= 0.6 is 11.6 Å². The standard InChI is InChI=1S/C17H15ClFNO/c18-12-8-9-14(15(19)10-12)17(21)20-16-7-3-5-11-4-1-2-6-13(11)16/h1-2,4,6,8-10,16H,3,5,7H2,(H,20,21)/t16-/m0/s1. The molecule has 1 aliphatic carbocycles. The number of rotatable bonds is 2. The van der Waals surface area contributed by atoms with Gasteiger partial charge in [-0.2, -0.15) is 0 Å². The molecule has 2 nitrogen and oxygen atoms in total. The number of fused-ring (bicyclic) bond motifs is 1. The average Bonchev–Trinajstić information content (AvgIpc) is 2.47. The first kappa shape index (κ1) is 14.1. The molecule has 0 heterocycles. The lowest BCUT2D eigenvalue weighted by molar-refractivity contribution is 0.0928. The van der Waals surface area contributed by atoms with Gasteiger partial charge in [0.2, 0.25) is 0 Å². The van der Waals surface area contributed by atoms with Gasteiger partial charge in [0.05, 0.1) is 11.6 Å². The summed E-state index contributed by atoms with van der Waals surface area (Å²) in [5.41, 5.74) is 2.42. The van der Waals surface area contributed by atoms with E-state index in [4.69, 9.17) is 11.6 Å². The Morgan fingerprint density at radius 3 is 2.86 bits per heavy atom. The summed E-state index contributed by atoms with van der Waals surface area (Å²) in [5, 5.41) is 3.21. The fourth-order valence-electron chi connectivity index (χ4n) is 2.81. The van der Waals surface area contributed by atoms with Crippen LogP contribution in [0.5, 0.6) is 0 Å². The number of hydrogen-bond donors (Lipinski definition) is 1. The highest BCUT2D eigenvalue weighted by Gasteiger charge is 2.23. The number of halogens is 2. The average molecular weight is 304 g/mol. The predicted octanol–water partition coefficient (Wildman–Crippen LogP) is 4.29. The number of nitrogens with one attached hydrogen (secondary N) is 1. The molecule has 0 bridgehead atoms. The normalized spacial score (nSPS) is 17.1. The van der Waals surface area contributed by atoms with E-state index >= 15 is 0 Å². The predicted molar refractivity (Wildman–Crippen MR) is 81.0 cm³/mol. The second kappa shape index (κ2) is 5.86. The second-order valence-corrected chi connectivity index (χ2v) is 5.68. The van der Waals surface area contributed by atoms with E-state index in [9.17, 15) is 9.18 Å². The Balaban J connectivity index is 1.83. The maximum Gasteiger partial charge on any atom is 0.254 e. The van der Waals surface area contributed by atoms with Crippen molar-refractivity contribution in [1.29, 1.82) is 0 Å². The molecule has 0 saturated carbocycles. The van der Waals surface area contributed by atoms with Gasteiger partial charge in [-0.25, -0.2) is 4.39 Å². The van der Waals surface area contributed by atoms with Crippen molar-refractivity contribution in [2.24, 2.45) is 0 Å². The molecule has 0 saturated heterocycles. The van der Waals surface area contributed by atoms with Crippen molar-refractivity contribution in [3.8, 4) is 0 Å². The van der Waals surface area contributed by atoms with Gasteiger partial charge in [-0.3, -0.25) is 4.79 Å². The van der Waals surface area contributed by atoms with Crippen molar-refractivity contribution in [2.75, 3.05) is 0 Å². The molecule has 0 spiro atoms. The molecule has 0 unspecified atom stereocenters. The highest BCUT2D eigenvalue weighted by Crippen LogP contribution is 2.29. The molecule has 21 heavy (non-hydrogen) atoms. The lowest BCUT2D eigenvalue weighted by Crippen LogP contribution is -2.31. The molecule has 1 atom stereocenters. The smallest absolute Gasteiger partial charge is 0.254 e. The molecular weight excluding hydrogens is 289 g/mol. The molecule has 0 fully saturated rings. The van der Waals surface area contributed by atoms with Crippen LogP contribution in [0.2, 0.25) is 5.02 Å². The summed E-state index contributed by atoms with van der Waals surface area (Å²) in [6.07, 6.45) is 2.92. The lowest BCUT2D eigenvalue weighted by atomic mass is 9.87. The Bertz CT molecular complexity index is 686. The molecule has 2 aromatic rings. The van der Waals surface area contributed by atoms with Gasteiger partial charge >= 0.3 is 0 Å². The molecule has 1 aliphatic rings. The first-order valence-corrected chi connectivity index (χ1v) is 7.36. The SMILES string of the molecule is O=C(N[C@H]1CCCc2ccccc21)c1ccc(Cl)cc1F. The van der Waals surface area contributed by atoms with E-state index in [-0.39, 0.29) is 16.6 Å². The largest absolute Gasteiger partial charge is 0.345 e. The van der Waals surface area contributed by atoms with Crippen LogP contribution in [0.1, 0.15) is 40.4 Å². The summed E-state index contributed by atoms with van der Waals surface area (Å²) in [4.78, 5) is 12.3. The Labute approximate surface area is 127 Å². The van der Waals surface area contributed by atoms with E-state index < -0.39 is 11.7 Å². The molecule has 4 heteroatoms. The maximum atomic E-state index is 13.8. The van der Waals surface area contributed by atoms with Gasteiger partial charge < -0.3 is 5.32 Å². The van der Waals surface area contributed by atoms with Gasteiger partial charge in [0.1, 0.15) is 5.82 Å². The minimum Gasteiger partial charge on any atom is -0.345 e. The highest BCUT2D eigenvalue weighted by molar-refractivity contribution is 6.30. The topological polar surface area (TPSA) is 29.1 Å². The molecule has 1 N–H and O–H groups in total. The van der Waals surface area contributed by atoms with Crippen molar-refractivity contribution in [3.63, 3.8) is 0 Å². The van der Waals surface area contributed by atoms with E-state index in [2.05, 4.69) is 11.4 Å². The van der Waals surface area contributed by atoms with Gasteiger partial charge in [-0.15, -0.1) is 0 Å². The maximum absolute atomic E-state index is 13.8. The Hall–Kier alpha value is -1.87. The third-order valence-corrected chi connectivity index (χ3v) is 4.09. The van der Waals surface area contributed by atoms with Crippen LogP contribution in [0.25, 0.3) is 0 Å². The van der Waals surface area contributed by atoms with Crippen molar-refractivity contribution in [3.05, 3.63) is 70.0 Å². The Morgan fingerprint density at radius 2 is 2.05 bits per heavy atom. The molecule has 0 aliphatic heterocycles. The zero-order valence-corrected chi connectivity index (χ0v) is 12.2. The van der Waals surface area contributed by atoms with E-state index in [0.717, 1.165) is 30.9 Å². The summed E-state index contributed by atoms with van der Waals surface area (Å²) >= 11 is 5.71. The highest BCUT2D eigenvalue weighted by atomic mass is 35.5. The van der Waals surface area contributed by atoms with Crippen LogP contribution in [-0.2, 0) is 6.42 Å². The summed E-state index contributed by atoms with van der Waals surface area (Å²) in [6.45, 7) is 0. The lowest BCUT2D eigenvalue weighted by Gasteiger charge is -2.26. The van der Waals surface area contributed by atoms with Gasteiger partial charge in [0.25, 0.3) is 5.91 Å². The fourth-order valence-corrected chi connectivity index (χ4v) is 2.97. The van der Waals surface area contributed by atoms with Crippen molar-refractivity contribution in [1.82, 2.24) is 5.32 Å². The number of carbonyl (C=O) groups is 1. The summed E-state index contributed by atoms with van der Waals surface area (Å²) in [5.74, 6) is -0.991. The van der Waals surface area contributed by atoms with E-state index in [0.29, 0.717) is 0 Å².